The summed E-state index contributed by atoms with van der Waals surface area (Å²) in [7, 11) is 0. The standard InChI is InChI=1S/C22H24F2N6O/c23-17-4-1-3-15(11-17)8-10-28-30-14-19(21(24)29-30)20-7-6-16(12-26-20)22(31)27-13-18-5-2-9-25-18/h1,3-4,6-7,11-12,14,18,25,28H,2,5,8-10,13H2,(H,27,31)/t18-/m1/s1. The molecule has 1 saturated heterocycles. The van der Waals surface area contributed by atoms with Crippen molar-refractivity contribution < 1.29 is 13.6 Å². The molecular formula is C22H24F2N6O. The number of rotatable bonds is 8. The highest BCUT2D eigenvalue weighted by atomic mass is 19.1. The van der Waals surface area contributed by atoms with Crippen LogP contribution >= 0.6 is 0 Å². The number of hydrogen-bond donors (Lipinski definition) is 3. The Morgan fingerprint density at radius 1 is 1.26 bits per heavy atom. The minimum atomic E-state index is -0.671. The number of hydrogen-bond acceptors (Lipinski definition) is 5. The minimum Gasteiger partial charge on any atom is -0.350 e. The first-order chi connectivity index (χ1) is 15.1. The van der Waals surface area contributed by atoms with Crippen molar-refractivity contribution >= 4 is 5.91 Å². The van der Waals surface area contributed by atoms with Crippen LogP contribution in [0.4, 0.5) is 8.78 Å². The summed E-state index contributed by atoms with van der Waals surface area (Å²) in [5.74, 6) is -1.17. The van der Waals surface area contributed by atoms with E-state index in [1.165, 1.54) is 29.3 Å². The van der Waals surface area contributed by atoms with Crippen LogP contribution in [0.2, 0.25) is 0 Å². The first kappa shape index (κ1) is 20.9. The van der Waals surface area contributed by atoms with Gasteiger partial charge in [-0.15, -0.1) is 5.10 Å². The lowest BCUT2D eigenvalue weighted by atomic mass is 10.1. The van der Waals surface area contributed by atoms with Gasteiger partial charge in [0.05, 0.1) is 23.0 Å². The SMILES string of the molecule is O=C(NC[C@H]1CCCN1)c1ccc(-c2cn(NCCc3cccc(F)c3)nc2F)nc1. The lowest BCUT2D eigenvalue weighted by Crippen LogP contribution is -2.37. The van der Waals surface area contributed by atoms with Crippen molar-refractivity contribution in [1.82, 2.24) is 25.5 Å². The summed E-state index contributed by atoms with van der Waals surface area (Å²) in [6.45, 7) is 2.01. The first-order valence-corrected chi connectivity index (χ1v) is 10.3. The number of nitrogens with zero attached hydrogens (tertiary/aromatic N) is 3. The molecule has 3 aromatic rings. The smallest absolute Gasteiger partial charge is 0.252 e. The Kier molecular flexibility index (Phi) is 6.51. The molecule has 31 heavy (non-hydrogen) atoms. The second-order valence-corrected chi connectivity index (χ2v) is 7.50. The van der Waals surface area contributed by atoms with Crippen molar-refractivity contribution in [3.63, 3.8) is 0 Å². The maximum Gasteiger partial charge on any atom is 0.252 e. The van der Waals surface area contributed by atoms with Crippen molar-refractivity contribution in [2.75, 3.05) is 25.1 Å². The van der Waals surface area contributed by atoms with Crippen LogP contribution in [0.3, 0.4) is 0 Å². The van der Waals surface area contributed by atoms with Gasteiger partial charge in [-0.25, -0.2) is 4.39 Å². The van der Waals surface area contributed by atoms with Crippen LogP contribution in [0, 0.1) is 11.8 Å². The number of aromatic nitrogens is 3. The molecule has 0 unspecified atom stereocenters. The van der Waals surface area contributed by atoms with Crippen molar-refractivity contribution in [3.8, 4) is 11.3 Å². The van der Waals surface area contributed by atoms with Crippen LogP contribution in [0.1, 0.15) is 28.8 Å². The molecule has 0 saturated carbocycles. The number of carbonyl (C=O) groups excluding carboxylic acids is 1. The quantitative estimate of drug-likeness (QED) is 0.516. The van der Waals surface area contributed by atoms with Gasteiger partial charge in [0.25, 0.3) is 5.91 Å². The zero-order valence-corrected chi connectivity index (χ0v) is 16.9. The molecule has 1 aromatic carbocycles. The summed E-state index contributed by atoms with van der Waals surface area (Å²) in [5, 5.41) is 10.0. The van der Waals surface area contributed by atoms with E-state index in [0.717, 1.165) is 24.9 Å². The number of carbonyl (C=O) groups is 1. The molecule has 1 atom stereocenters. The van der Waals surface area contributed by atoms with E-state index in [0.29, 0.717) is 36.8 Å². The number of nitrogens with one attached hydrogen (secondary N) is 3. The summed E-state index contributed by atoms with van der Waals surface area (Å²) in [6, 6.07) is 9.85. The van der Waals surface area contributed by atoms with E-state index in [1.54, 1.807) is 18.2 Å². The fourth-order valence-corrected chi connectivity index (χ4v) is 3.55. The van der Waals surface area contributed by atoms with Crippen LogP contribution in [-0.4, -0.2) is 46.5 Å². The maximum atomic E-state index is 14.3. The third-order valence-corrected chi connectivity index (χ3v) is 5.22. The second kappa shape index (κ2) is 9.65. The molecule has 3 heterocycles. The van der Waals surface area contributed by atoms with Gasteiger partial charge < -0.3 is 16.1 Å². The average molecular weight is 426 g/mol. The molecule has 4 rings (SSSR count). The second-order valence-electron chi connectivity index (χ2n) is 7.50. The number of amides is 1. The molecule has 7 nitrogen and oxygen atoms in total. The predicted molar refractivity (Wildman–Crippen MR) is 113 cm³/mol. The van der Waals surface area contributed by atoms with Crippen molar-refractivity contribution in [2.24, 2.45) is 0 Å². The van der Waals surface area contributed by atoms with Crippen LogP contribution in [0.15, 0.2) is 48.8 Å². The van der Waals surface area contributed by atoms with E-state index in [4.69, 9.17) is 0 Å². The Morgan fingerprint density at radius 2 is 2.16 bits per heavy atom. The van der Waals surface area contributed by atoms with Gasteiger partial charge >= 0.3 is 0 Å². The summed E-state index contributed by atoms with van der Waals surface area (Å²) in [6.07, 6.45) is 5.66. The fourth-order valence-electron chi connectivity index (χ4n) is 3.55. The topological polar surface area (TPSA) is 83.9 Å². The fraction of sp³-hybridized carbons (Fsp3) is 0.318. The average Bonchev–Trinajstić information content (AvgIpc) is 3.42. The van der Waals surface area contributed by atoms with Gasteiger partial charge in [0.1, 0.15) is 5.82 Å². The number of pyridine rings is 1. The molecule has 0 radical (unpaired) electrons. The van der Waals surface area contributed by atoms with E-state index in [2.05, 4.69) is 26.1 Å². The normalized spacial score (nSPS) is 15.7. The summed E-state index contributed by atoms with van der Waals surface area (Å²) in [5.41, 5.74) is 4.82. The molecule has 0 bridgehead atoms. The number of benzene rings is 1. The zero-order chi connectivity index (χ0) is 21.6. The monoisotopic (exact) mass is 426 g/mol. The van der Waals surface area contributed by atoms with E-state index >= 15 is 0 Å². The highest BCUT2D eigenvalue weighted by Crippen LogP contribution is 2.19. The van der Waals surface area contributed by atoms with Crippen LogP contribution in [-0.2, 0) is 6.42 Å². The van der Waals surface area contributed by atoms with E-state index in [1.807, 2.05) is 6.07 Å². The van der Waals surface area contributed by atoms with Gasteiger partial charge in [0.15, 0.2) is 0 Å². The summed E-state index contributed by atoms with van der Waals surface area (Å²) < 4.78 is 27.5. The lowest BCUT2D eigenvalue weighted by molar-refractivity contribution is 0.0950. The predicted octanol–water partition coefficient (Wildman–Crippen LogP) is 2.49. The van der Waals surface area contributed by atoms with Crippen molar-refractivity contribution in [3.05, 3.63) is 71.7 Å². The van der Waals surface area contributed by atoms with Crippen LogP contribution in [0.5, 0.6) is 0 Å². The van der Waals surface area contributed by atoms with Gasteiger partial charge in [-0.05, 0) is 55.6 Å². The summed E-state index contributed by atoms with van der Waals surface area (Å²) >= 11 is 0. The highest BCUT2D eigenvalue weighted by molar-refractivity contribution is 5.94. The van der Waals surface area contributed by atoms with Gasteiger partial charge in [-0.1, -0.05) is 12.1 Å². The van der Waals surface area contributed by atoms with Crippen molar-refractivity contribution in [2.45, 2.75) is 25.3 Å². The third-order valence-electron chi connectivity index (χ3n) is 5.22. The molecular weight excluding hydrogens is 402 g/mol. The molecule has 1 aliphatic heterocycles. The van der Waals surface area contributed by atoms with Gasteiger partial charge in [0, 0.05) is 25.3 Å². The molecule has 3 N–H and O–H groups in total. The minimum absolute atomic E-state index is 0.206. The van der Waals surface area contributed by atoms with E-state index in [-0.39, 0.29) is 17.3 Å². The molecule has 0 spiro atoms. The molecule has 1 aliphatic rings. The zero-order valence-electron chi connectivity index (χ0n) is 16.9. The van der Waals surface area contributed by atoms with E-state index < -0.39 is 5.95 Å². The van der Waals surface area contributed by atoms with Gasteiger partial charge in [0.2, 0.25) is 5.95 Å². The molecule has 0 aliphatic carbocycles. The van der Waals surface area contributed by atoms with E-state index in [9.17, 15) is 13.6 Å². The van der Waals surface area contributed by atoms with Crippen molar-refractivity contribution in [1.29, 1.82) is 0 Å². The molecule has 162 valence electrons. The Bertz CT molecular complexity index is 1030. The Balaban J connectivity index is 1.33. The largest absolute Gasteiger partial charge is 0.350 e. The Morgan fingerprint density at radius 3 is 2.90 bits per heavy atom. The lowest BCUT2D eigenvalue weighted by Gasteiger charge is -2.11. The first-order valence-electron chi connectivity index (χ1n) is 10.3. The highest BCUT2D eigenvalue weighted by Gasteiger charge is 2.16. The Hall–Kier alpha value is -3.33. The molecule has 1 fully saturated rings. The summed E-state index contributed by atoms with van der Waals surface area (Å²) in [4.78, 5) is 17.8. The molecule has 1 amide bonds. The third kappa shape index (κ3) is 5.43. The Labute approximate surface area is 178 Å². The number of halogens is 2. The van der Waals surface area contributed by atoms with Gasteiger partial charge in [-0.2, -0.15) is 9.18 Å². The van der Waals surface area contributed by atoms with Crippen LogP contribution < -0.4 is 16.1 Å². The van der Waals surface area contributed by atoms with Gasteiger partial charge in [-0.3, -0.25) is 9.78 Å². The maximum absolute atomic E-state index is 14.3. The molecule has 2 aromatic heterocycles. The van der Waals surface area contributed by atoms with Crippen LogP contribution in [0.25, 0.3) is 11.3 Å². The molecule has 9 heteroatoms.